The van der Waals surface area contributed by atoms with Crippen molar-refractivity contribution in [2.75, 3.05) is 17.6 Å². The third kappa shape index (κ3) is 2.60. The first kappa shape index (κ1) is 10.7. The lowest BCUT2D eigenvalue weighted by atomic mass is 10.3. The molecule has 0 fully saturated rings. The Labute approximate surface area is 96.8 Å². The average molecular weight is 240 g/mol. The van der Waals surface area contributed by atoms with Crippen molar-refractivity contribution in [3.05, 3.63) is 29.5 Å². The average Bonchev–Trinajstić information content (AvgIpc) is 2.74. The Kier molecular flexibility index (Phi) is 3.21. The molecule has 0 spiro atoms. The van der Waals surface area contributed by atoms with Crippen LogP contribution in [0.2, 0.25) is 5.02 Å². The maximum absolute atomic E-state index is 5.73. The van der Waals surface area contributed by atoms with Crippen LogP contribution in [-0.4, -0.2) is 21.7 Å². The molecule has 0 unspecified atom stereocenters. The topological polar surface area (TPSA) is 89.9 Å². The van der Waals surface area contributed by atoms with Crippen molar-refractivity contribution in [1.82, 2.24) is 15.1 Å². The lowest BCUT2D eigenvalue weighted by Crippen LogP contribution is -2.09. The number of pyridine rings is 1. The standard InChI is InChI=1S/C9H10ClN5O/c10-6-3-7(11)9(13-4-6)12-2-1-8-14-5-16-15-8/h3-5H,1-2,11H2,(H,12,13). The van der Waals surface area contributed by atoms with Crippen LogP contribution in [0.4, 0.5) is 11.5 Å². The van der Waals surface area contributed by atoms with E-state index in [9.17, 15) is 0 Å². The monoisotopic (exact) mass is 239 g/mol. The third-order valence-corrected chi connectivity index (χ3v) is 2.14. The summed E-state index contributed by atoms with van der Waals surface area (Å²) in [6, 6.07) is 1.64. The number of anilines is 2. The Morgan fingerprint density at radius 1 is 1.44 bits per heavy atom. The van der Waals surface area contributed by atoms with Crippen molar-refractivity contribution < 1.29 is 4.52 Å². The minimum Gasteiger partial charge on any atom is -0.396 e. The summed E-state index contributed by atoms with van der Waals surface area (Å²) in [6.07, 6.45) is 3.47. The van der Waals surface area contributed by atoms with E-state index in [2.05, 4.69) is 25.0 Å². The molecule has 0 amide bonds. The molecule has 2 rings (SSSR count). The predicted molar refractivity (Wildman–Crippen MR) is 60.2 cm³/mol. The summed E-state index contributed by atoms with van der Waals surface area (Å²) >= 11 is 5.73. The van der Waals surface area contributed by atoms with Gasteiger partial charge in [-0.15, -0.1) is 0 Å². The van der Waals surface area contributed by atoms with Gasteiger partial charge in [-0.05, 0) is 6.07 Å². The van der Waals surface area contributed by atoms with E-state index in [0.717, 1.165) is 0 Å². The predicted octanol–water partition coefficient (Wildman–Crippen LogP) is 1.35. The summed E-state index contributed by atoms with van der Waals surface area (Å²) in [5.41, 5.74) is 6.24. The summed E-state index contributed by atoms with van der Waals surface area (Å²) < 4.78 is 4.61. The Balaban J connectivity index is 1.90. The molecule has 0 aliphatic rings. The molecule has 84 valence electrons. The number of aromatic nitrogens is 3. The molecule has 2 aromatic rings. The molecule has 3 N–H and O–H groups in total. The highest BCUT2D eigenvalue weighted by Crippen LogP contribution is 2.18. The van der Waals surface area contributed by atoms with Gasteiger partial charge in [0.15, 0.2) is 5.82 Å². The molecule has 0 radical (unpaired) electrons. The summed E-state index contributed by atoms with van der Waals surface area (Å²) in [5.74, 6) is 1.24. The van der Waals surface area contributed by atoms with Crippen molar-refractivity contribution in [3.8, 4) is 0 Å². The highest BCUT2D eigenvalue weighted by molar-refractivity contribution is 6.30. The van der Waals surface area contributed by atoms with Crippen LogP contribution in [0, 0.1) is 0 Å². The summed E-state index contributed by atoms with van der Waals surface area (Å²) in [6.45, 7) is 0.623. The molecule has 7 heteroatoms. The molecule has 0 saturated carbocycles. The third-order valence-electron chi connectivity index (χ3n) is 1.93. The van der Waals surface area contributed by atoms with E-state index in [1.165, 1.54) is 12.6 Å². The lowest BCUT2D eigenvalue weighted by molar-refractivity contribution is 0.410. The van der Waals surface area contributed by atoms with Gasteiger partial charge in [0, 0.05) is 19.2 Å². The molecule has 16 heavy (non-hydrogen) atoms. The normalized spacial score (nSPS) is 10.3. The molecule has 2 heterocycles. The molecule has 0 aliphatic heterocycles. The smallest absolute Gasteiger partial charge is 0.213 e. The lowest BCUT2D eigenvalue weighted by Gasteiger charge is -2.06. The first-order chi connectivity index (χ1) is 7.75. The van der Waals surface area contributed by atoms with Gasteiger partial charge in [-0.25, -0.2) is 4.98 Å². The fraction of sp³-hybridized carbons (Fsp3) is 0.222. The molecular formula is C9H10ClN5O. The van der Waals surface area contributed by atoms with Crippen molar-refractivity contribution in [3.63, 3.8) is 0 Å². The van der Waals surface area contributed by atoms with Crippen molar-refractivity contribution in [2.45, 2.75) is 6.42 Å². The van der Waals surface area contributed by atoms with E-state index in [0.29, 0.717) is 35.3 Å². The second kappa shape index (κ2) is 4.80. The number of nitrogen functional groups attached to an aromatic ring is 1. The van der Waals surface area contributed by atoms with Gasteiger partial charge in [0.25, 0.3) is 0 Å². The summed E-state index contributed by atoms with van der Waals surface area (Å²) in [4.78, 5) is 7.96. The molecule has 0 saturated heterocycles. The Morgan fingerprint density at radius 2 is 2.31 bits per heavy atom. The number of hydrogen-bond donors (Lipinski definition) is 2. The molecule has 2 aromatic heterocycles. The minimum atomic E-state index is 0.514. The van der Waals surface area contributed by atoms with Crippen LogP contribution in [0.1, 0.15) is 5.82 Å². The largest absolute Gasteiger partial charge is 0.396 e. The van der Waals surface area contributed by atoms with Gasteiger partial charge in [0.05, 0.1) is 10.7 Å². The number of nitrogens with one attached hydrogen (secondary N) is 1. The number of nitrogens with zero attached hydrogens (tertiary/aromatic N) is 3. The van der Waals surface area contributed by atoms with Gasteiger partial charge in [-0.3, -0.25) is 0 Å². The van der Waals surface area contributed by atoms with Crippen LogP contribution in [0.25, 0.3) is 0 Å². The van der Waals surface area contributed by atoms with Crippen LogP contribution in [-0.2, 0) is 6.42 Å². The van der Waals surface area contributed by atoms with Crippen LogP contribution in [0.15, 0.2) is 23.2 Å². The maximum Gasteiger partial charge on any atom is 0.213 e. The van der Waals surface area contributed by atoms with E-state index in [1.54, 1.807) is 6.07 Å². The van der Waals surface area contributed by atoms with Crippen LogP contribution in [0.5, 0.6) is 0 Å². The second-order valence-electron chi connectivity index (χ2n) is 3.12. The van der Waals surface area contributed by atoms with Gasteiger partial charge in [0.2, 0.25) is 6.39 Å². The van der Waals surface area contributed by atoms with Crippen molar-refractivity contribution in [1.29, 1.82) is 0 Å². The van der Waals surface area contributed by atoms with E-state index in [-0.39, 0.29) is 0 Å². The zero-order valence-corrected chi connectivity index (χ0v) is 9.11. The highest BCUT2D eigenvalue weighted by atomic mass is 35.5. The fourth-order valence-electron chi connectivity index (χ4n) is 1.20. The molecule has 0 atom stereocenters. The Bertz CT molecular complexity index is 459. The van der Waals surface area contributed by atoms with Gasteiger partial charge in [-0.2, -0.15) is 4.98 Å². The van der Waals surface area contributed by atoms with Crippen molar-refractivity contribution >= 4 is 23.1 Å². The van der Waals surface area contributed by atoms with Gasteiger partial charge >= 0.3 is 0 Å². The van der Waals surface area contributed by atoms with Crippen LogP contribution >= 0.6 is 11.6 Å². The molecule has 0 aliphatic carbocycles. The first-order valence-electron chi connectivity index (χ1n) is 4.66. The molecule has 0 aromatic carbocycles. The Hall–Kier alpha value is -1.82. The zero-order chi connectivity index (χ0) is 11.4. The zero-order valence-electron chi connectivity index (χ0n) is 8.35. The van der Waals surface area contributed by atoms with Crippen molar-refractivity contribution in [2.24, 2.45) is 0 Å². The first-order valence-corrected chi connectivity index (χ1v) is 5.03. The summed E-state index contributed by atoms with van der Waals surface area (Å²) in [5, 5.41) is 7.26. The van der Waals surface area contributed by atoms with Gasteiger partial charge < -0.3 is 15.6 Å². The van der Waals surface area contributed by atoms with Crippen LogP contribution < -0.4 is 11.1 Å². The van der Waals surface area contributed by atoms with Crippen LogP contribution in [0.3, 0.4) is 0 Å². The number of hydrogen-bond acceptors (Lipinski definition) is 6. The summed E-state index contributed by atoms with van der Waals surface area (Å²) in [7, 11) is 0. The number of nitrogens with two attached hydrogens (primary N) is 1. The second-order valence-corrected chi connectivity index (χ2v) is 3.55. The van der Waals surface area contributed by atoms with Gasteiger partial charge in [0.1, 0.15) is 5.82 Å². The van der Waals surface area contributed by atoms with E-state index in [1.807, 2.05) is 0 Å². The number of halogens is 1. The fourth-order valence-corrected chi connectivity index (χ4v) is 1.36. The van der Waals surface area contributed by atoms with E-state index < -0.39 is 0 Å². The molecule has 6 nitrogen and oxygen atoms in total. The molecule has 0 bridgehead atoms. The van der Waals surface area contributed by atoms with Gasteiger partial charge in [-0.1, -0.05) is 16.8 Å². The van der Waals surface area contributed by atoms with E-state index in [4.69, 9.17) is 17.3 Å². The maximum atomic E-state index is 5.73. The SMILES string of the molecule is Nc1cc(Cl)cnc1NCCc1ncon1. The van der Waals surface area contributed by atoms with E-state index >= 15 is 0 Å². The quantitative estimate of drug-likeness (QED) is 0.837. The minimum absolute atomic E-state index is 0.514. The highest BCUT2D eigenvalue weighted by Gasteiger charge is 2.02. The molecular weight excluding hydrogens is 230 g/mol. The Morgan fingerprint density at radius 3 is 3.00 bits per heavy atom. The number of rotatable bonds is 4.